The molecule has 0 radical (unpaired) electrons. The van der Waals surface area contributed by atoms with Crippen molar-refractivity contribution in [3.05, 3.63) is 81.2 Å². The molecule has 3 aromatic rings. The van der Waals surface area contributed by atoms with Gasteiger partial charge in [0.1, 0.15) is 0 Å². The van der Waals surface area contributed by atoms with Crippen LogP contribution in [0.5, 0.6) is 11.5 Å². The lowest BCUT2D eigenvalue weighted by Gasteiger charge is -2.09. The molecule has 0 aliphatic carbocycles. The summed E-state index contributed by atoms with van der Waals surface area (Å²) in [7, 11) is 1.47. The standard InChI is InChI=1S/C21H13BrClNO4/c1-26-19-11-13(10-15(12-24)14-3-5-16(23)6-4-14)2-7-17(19)28-21(25)18-8-9-20(22)27-18/h2-11H,1H3/b15-10-. The van der Waals surface area contributed by atoms with Crippen LogP contribution in [0.3, 0.4) is 0 Å². The fourth-order valence-corrected chi connectivity index (χ4v) is 2.84. The van der Waals surface area contributed by atoms with Crippen LogP contribution in [0.15, 0.2) is 63.7 Å². The second-order valence-corrected chi connectivity index (χ2v) is 6.80. The van der Waals surface area contributed by atoms with Crippen LogP contribution in [0.2, 0.25) is 5.02 Å². The van der Waals surface area contributed by atoms with Crippen LogP contribution in [-0.2, 0) is 0 Å². The molecule has 1 heterocycles. The summed E-state index contributed by atoms with van der Waals surface area (Å²) in [6.45, 7) is 0. The number of halogens is 2. The average Bonchev–Trinajstić information content (AvgIpc) is 3.14. The second kappa shape index (κ2) is 8.79. The van der Waals surface area contributed by atoms with E-state index in [4.69, 9.17) is 25.5 Å². The molecule has 0 unspecified atom stereocenters. The van der Waals surface area contributed by atoms with Gasteiger partial charge in [-0.15, -0.1) is 0 Å². The van der Waals surface area contributed by atoms with Gasteiger partial charge in [0.2, 0.25) is 5.76 Å². The lowest BCUT2D eigenvalue weighted by atomic mass is 10.0. The smallest absolute Gasteiger partial charge is 0.379 e. The molecular formula is C21H13BrClNO4. The maximum atomic E-state index is 12.2. The van der Waals surface area contributed by atoms with E-state index in [1.54, 1.807) is 54.6 Å². The Hall–Kier alpha value is -3.01. The monoisotopic (exact) mass is 457 g/mol. The number of hydrogen-bond acceptors (Lipinski definition) is 5. The van der Waals surface area contributed by atoms with E-state index >= 15 is 0 Å². The highest BCUT2D eigenvalue weighted by Gasteiger charge is 2.16. The third kappa shape index (κ3) is 4.63. The van der Waals surface area contributed by atoms with Gasteiger partial charge < -0.3 is 13.9 Å². The number of carbonyl (C=O) groups is 1. The predicted octanol–water partition coefficient (Wildman–Crippen LogP) is 5.99. The summed E-state index contributed by atoms with van der Waals surface area (Å²) in [4.78, 5) is 12.2. The Labute approximate surface area is 174 Å². The molecule has 0 spiro atoms. The fraction of sp³-hybridized carbons (Fsp3) is 0.0476. The van der Waals surface area contributed by atoms with E-state index in [1.165, 1.54) is 13.2 Å². The maximum Gasteiger partial charge on any atom is 0.379 e. The molecule has 0 bridgehead atoms. The molecule has 7 heteroatoms. The molecule has 0 saturated heterocycles. The van der Waals surface area contributed by atoms with Gasteiger partial charge in [-0.25, -0.2) is 4.79 Å². The van der Waals surface area contributed by atoms with Gasteiger partial charge in [0.05, 0.1) is 18.8 Å². The molecule has 0 fully saturated rings. The number of hydrogen-bond donors (Lipinski definition) is 0. The van der Waals surface area contributed by atoms with Crippen LogP contribution in [0.25, 0.3) is 11.6 Å². The lowest BCUT2D eigenvalue weighted by molar-refractivity contribution is 0.0695. The summed E-state index contributed by atoms with van der Waals surface area (Å²) in [6, 6.07) is 17.2. The molecular weight excluding hydrogens is 446 g/mol. The molecule has 0 saturated carbocycles. The molecule has 0 aliphatic rings. The van der Waals surface area contributed by atoms with Crippen LogP contribution in [0.1, 0.15) is 21.7 Å². The summed E-state index contributed by atoms with van der Waals surface area (Å²) in [5.74, 6) is 0.00173. The lowest BCUT2D eigenvalue weighted by Crippen LogP contribution is -2.08. The number of allylic oxidation sites excluding steroid dienone is 1. The van der Waals surface area contributed by atoms with Crippen molar-refractivity contribution < 1.29 is 18.7 Å². The Balaban J connectivity index is 1.87. The number of benzene rings is 2. The van der Waals surface area contributed by atoms with Crippen LogP contribution >= 0.6 is 27.5 Å². The van der Waals surface area contributed by atoms with E-state index in [2.05, 4.69) is 22.0 Å². The number of furan rings is 1. The van der Waals surface area contributed by atoms with E-state index in [9.17, 15) is 10.1 Å². The van der Waals surface area contributed by atoms with E-state index in [1.807, 2.05) is 0 Å². The van der Waals surface area contributed by atoms with E-state index in [-0.39, 0.29) is 11.5 Å². The first-order valence-corrected chi connectivity index (χ1v) is 9.20. The van der Waals surface area contributed by atoms with Gasteiger partial charge >= 0.3 is 5.97 Å². The number of nitriles is 1. The minimum Gasteiger partial charge on any atom is -0.493 e. The highest BCUT2D eigenvalue weighted by atomic mass is 79.9. The minimum absolute atomic E-state index is 0.0624. The normalized spacial score (nSPS) is 11.0. The topological polar surface area (TPSA) is 72.5 Å². The second-order valence-electron chi connectivity index (χ2n) is 5.58. The number of esters is 1. The van der Waals surface area contributed by atoms with Crippen LogP contribution in [0.4, 0.5) is 0 Å². The summed E-state index contributed by atoms with van der Waals surface area (Å²) in [5, 5.41) is 10.1. The summed E-state index contributed by atoms with van der Waals surface area (Å²) < 4.78 is 16.3. The predicted molar refractivity (Wildman–Crippen MR) is 109 cm³/mol. The van der Waals surface area contributed by atoms with Gasteiger partial charge in [-0.3, -0.25) is 0 Å². The molecule has 5 nitrogen and oxygen atoms in total. The first kappa shape index (κ1) is 19.7. The highest BCUT2D eigenvalue weighted by molar-refractivity contribution is 9.10. The Morgan fingerprint density at radius 1 is 1.14 bits per heavy atom. The summed E-state index contributed by atoms with van der Waals surface area (Å²) in [5.41, 5.74) is 1.91. The molecule has 28 heavy (non-hydrogen) atoms. The first-order chi connectivity index (χ1) is 13.5. The summed E-state index contributed by atoms with van der Waals surface area (Å²) in [6.07, 6.45) is 1.71. The van der Waals surface area contributed by atoms with Gasteiger partial charge in [-0.05, 0) is 69.5 Å². The first-order valence-electron chi connectivity index (χ1n) is 8.03. The minimum atomic E-state index is -0.647. The number of nitrogens with zero attached hydrogens (tertiary/aromatic N) is 1. The highest BCUT2D eigenvalue weighted by Crippen LogP contribution is 2.31. The Kier molecular flexibility index (Phi) is 6.19. The van der Waals surface area contributed by atoms with Crippen molar-refractivity contribution in [2.24, 2.45) is 0 Å². The van der Waals surface area contributed by atoms with Gasteiger partial charge in [-0.1, -0.05) is 29.8 Å². The largest absolute Gasteiger partial charge is 0.493 e. The van der Waals surface area contributed by atoms with Crippen molar-refractivity contribution in [3.63, 3.8) is 0 Å². The molecule has 1 aromatic heterocycles. The fourth-order valence-electron chi connectivity index (χ4n) is 2.41. The number of rotatable bonds is 5. The zero-order chi connectivity index (χ0) is 20.1. The van der Waals surface area contributed by atoms with Crippen molar-refractivity contribution in [1.29, 1.82) is 5.26 Å². The third-order valence-electron chi connectivity index (χ3n) is 3.75. The quantitative estimate of drug-likeness (QED) is 0.203. The van der Waals surface area contributed by atoms with E-state index in [0.29, 0.717) is 26.6 Å². The van der Waals surface area contributed by atoms with Gasteiger partial charge in [-0.2, -0.15) is 5.26 Å². The van der Waals surface area contributed by atoms with Crippen molar-refractivity contribution in [2.45, 2.75) is 0 Å². The molecule has 0 amide bonds. The Morgan fingerprint density at radius 3 is 2.50 bits per heavy atom. The number of methoxy groups -OCH3 is 1. The Morgan fingerprint density at radius 2 is 1.89 bits per heavy atom. The molecule has 0 aliphatic heterocycles. The van der Waals surface area contributed by atoms with Crippen LogP contribution in [0, 0.1) is 11.3 Å². The molecule has 3 rings (SSSR count). The molecule has 140 valence electrons. The van der Waals surface area contributed by atoms with Crippen molar-refractivity contribution in [1.82, 2.24) is 0 Å². The van der Waals surface area contributed by atoms with Gasteiger partial charge in [0.25, 0.3) is 0 Å². The van der Waals surface area contributed by atoms with Crippen LogP contribution in [-0.4, -0.2) is 13.1 Å². The average molecular weight is 459 g/mol. The zero-order valence-corrected chi connectivity index (χ0v) is 17.0. The van der Waals surface area contributed by atoms with E-state index in [0.717, 1.165) is 5.56 Å². The third-order valence-corrected chi connectivity index (χ3v) is 4.43. The SMILES string of the molecule is COc1cc(/C=C(/C#N)c2ccc(Cl)cc2)ccc1OC(=O)c1ccc(Br)o1. The van der Waals surface area contributed by atoms with Crippen molar-refractivity contribution in [3.8, 4) is 17.6 Å². The maximum absolute atomic E-state index is 12.2. The molecule has 2 aromatic carbocycles. The van der Waals surface area contributed by atoms with Gasteiger partial charge in [0, 0.05) is 5.02 Å². The molecule has 0 N–H and O–H groups in total. The van der Waals surface area contributed by atoms with Crippen molar-refractivity contribution in [2.75, 3.05) is 7.11 Å². The summed E-state index contributed by atoms with van der Waals surface area (Å²) >= 11 is 9.03. The Bertz CT molecular complexity index is 1080. The number of carbonyl (C=O) groups excluding carboxylic acids is 1. The van der Waals surface area contributed by atoms with E-state index < -0.39 is 5.97 Å². The van der Waals surface area contributed by atoms with Crippen LogP contribution < -0.4 is 9.47 Å². The number of ether oxygens (including phenoxy) is 2. The van der Waals surface area contributed by atoms with Gasteiger partial charge in [0.15, 0.2) is 16.2 Å². The molecule has 0 atom stereocenters. The zero-order valence-electron chi connectivity index (χ0n) is 14.6. The van der Waals surface area contributed by atoms with Crippen molar-refractivity contribution >= 4 is 45.1 Å².